The van der Waals surface area contributed by atoms with Gasteiger partial charge in [0, 0.05) is 6.07 Å². The molecule has 2 aromatic carbocycles. The number of methoxy groups -OCH3 is 1. The summed E-state index contributed by atoms with van der Waals surface area (Å²) in [6.45, 7) is 0. The molecule has 6 nitrogen and oxygen atoms in total. The molecule has 10 heteroatoms. The highest BCUT2D eigenvalue weighted by molar-refractivity contribution is 7.94. The predicted octanol–water partition coefficient (Wildman–Crippen LogP) is 3.45. The van der Waals surface area contributed by atoms with Crippen molar-refractivity contribution in [1.29, 1.82) is 0 Å². The SMILES string of the molecule is COc1ccc2c(c1)NC(=O)N(c1ccc(C(F)(F)F)cc1)S2(=O)=O. The van der Waals surface area contributed by atoms with Gasteiger partial charge in [0.2, 0.25) is 0 Å². The Balaban J connectivity index is 2.07. The van der Waals surface area contributed by atoms with E-state index in [0.29, 0.717) is 22.2 Å². The lowest BCUT2D eigenvalue weighted by molar-refractivity contribution is -0.137. The van der Waals surface area contributed by atoms with Crippen LogP contribution < -0.4 is 14.4 Å². The number of nitrogens with one attached hydrogen (secondary N) is 1. The molecule has 0 bridgehead atoms. The minimum atomic E-state index is -4.56. The zero-order valence-corrected chi connectivity index (χ0v) is 13.5. The van der Waals surface area contributed by atoms with E-state index in [1.807, 2.05) is 0 Å². The lowest BCUT2D eigenvalue weighted by atomic mass is 10.2. The number of hydrogen-bond acceptors (Lipinski definition) is 4. The number of hydrogen-bond donors (Lipinski definition) is 1. The Morgan fingerprint density at radius 2 is 1.72 bits per heavy atom. The summed E-state index contributed by atoms with van der Waals surface area (Å²) in [4.78, 5) is 12.0. The van der Waals surface area contributed by atoms with Crippen molar-refractivity contribution >= 4 is 27.4 Å². The second-order valence-corrected chi connectivity index (χ2v) is 6.86. The Morgan fingerprint density at radius 3 is 2.28 bits per heavy atom. The van der Waals surface area contributed by atoms with Gasteiger partial charge in [0.05, 0.1) is 24.0 Å². The number of fused-ring (bicyclic) bond motifs is 1. The molecule has 0 saturated carbocycles. The van der Waals surface area contributed by atoms with Crippen LogP contribution in [0.25, 0.3) is 0 Å². The monoisotopic (exact) mass is 372 g/mol. The van der Waals surface area contributed by atoms with Crippen molar-refractivity contribution in [3.63, 3.8) is 0 Å². The van der Waals surface area contributed by atoms with Gasteiger partial charge in [-0.1, -0.05) is 0 Å². The molecular weight excluding hydrogens is 361 g/mol. The van der Waals surface area contributed by atoms with Gasteiger partial charge in [0.25, 0.3) is 10.0 Å². The van der Waals surface area contributed by atoms with Crippen LogP contribution in [0.15, 0.2) is 47.4 Å². The van der Waals surface area contributed by atoms with Gasteiger partial charge in [-0.3, -0.25) is 0 Å². The highest BCUT2D eigenvalue weighted by atomic mass is 32.2. The number of alkyl halides is 3. The molecule has 1 N–H and O–H groups in total. The molecule has 0 aromatic heterocycles. The van der Waals surface area contributed by atoms with Gasteiger partial charge >= 0.3 is 12.2 Å². The zero-order valence-electron chi connectivity index (χ0n) is 12.7. The number of halogens is 3. The summed E-state index contributed by atoms with van der Waals surface area (Å²) in [5.41, 5.74) is -1.12. The fourth-order valence-corrected chi connectivity index (χ4v) is 3.86. The van der Waals surface area contributed by atoms with E-state index >= 15 is 0 Å². The fraction of sp³-hybridized carbons (Fsp3) is 0.133. The van der Waals surface area contributed by atoms with E-state index in [4.69, 9.17) is 4.74 Å². The van der Waals surface area contributed by atoms with Gasteiger partial charge in [0.15, 0.2) is 0 Å². The number of amides is 2. The van der Waals surface area contributed by atoms with E-state index in [1.54, 1.807) is 0 Å². The van der Waals surface area contributed by atoms with E-state index in [2.05, 4.69) is 5.32 Å². The predicted molar refractivity (Wildman–Crippen MR) is 83.1 cm³/mol. The molecule has 3 rings (SSSR count). The van der Waals surface area contributed by atoms with Gasteiger partial charge in [-0.2, -0.15) is 17.5 Å². The van der Waals surface area contributed by atoms with Crippen molar-refractivity contribution in [2.45, 2.75) is 11.1 Å². The maximum atomic E-state index is 12.7. The lowest BCUT2D eigenvalue weighted by Gasteiger charge is -2.29. The third-order valence-corrected chi connectivity index (χ3v) is 5.33. The minimum Gasteiger partial charge on any atom is -0.497 e. The van der Waals surface area contributed by atoms with Crippen molar-refractivity contribution in [1.82, 2.24) is 0 Å². The molecule has 1 heterocycles. The molecule has 1 aliphatic heterocycles. The van der Waals surface area contributed by atoms with Crippen LogP contribution in [-0.2, 0) is 16.2 Å². The molecule has 0 fully saturated rings. The second-order valence-electron chi connectivity index (χ2n) is 5.11. The summed E-state index contributed by atoms with van der Waals surface area (Å²) >= 11 is 0. The van der Waals surface area contributed by atoms with Crippen LogP contribution in [-0.4, -0.2) is 21.6 Å². The Morgan fingerprint density at radius 1 is 1.08 bits per heavy atom. The smallest absolute Gasteiger partial charge is 0.416 e. The summed E-state index contributed by atoms with van der Waals surface area (Å²) in [7, 11) is -2.89. The molecule has 0 atom stereocenters. The second kappa shape index (κ2) is 5.66. The van der Waals surface area contributed by atoms with Crippen LogP contribution in [0.2, 0.25) is 0 Å². The average Bonchev–Trinajstić information content (AvgIpc) is 2.53. The number of rotatable bonds is 2. The first-order valence-electron chi connectivity index (χ1n) is 6.86. The number of carbonyl (C=O) groups is 1. The fourth-order valence-electron chi connectivity index (χ4n) is 2.37. The number of nitrogens with zero attached hydrogens (tertiary/aromatic N) is 1. The van der Waals surface area contributed by atoms with E-state index in [0.717, 1.165) is 12.1 Å². The van der Waals surface area contributed by atoms with Gasteiger partial charge in [-0.05, 0) is 36.4 Å². The number of benzene rings is 2. The zero-order chi connectivity index (χ0) is 18.4. The highest BCUT2D eigenvalue weighted by Crippen LogP contribution is 2.37. The molecule has 0 aliphatic carbocycles. The average molecular weight is 372 g/mol. The normalized spacial score (nSPS) is 16.2. The van der Waals surface area contributed by atoms with Crippen molar-refractivity contribution in [2.24, 2.45) is 0 Å². The number of ether oxygens (including phenoxy) is 1. The molecule has 0 radical (unpaired) electrons. The number of anilines is 2. The maximum Gasteiger partial charge on any atom is 0.416 e. The molecule has 0 spiro atoms. The van der Waals surface area contributed by atoms with E-state index < -0.39 is 27.8 Å². The first-order chi connectivity index (χ1) is 11.6. The Bertz CT molecular complexity index is 940. The summed E-state index contributed by atoms with van der Waals surface area (Å²) in [5, 5.41) is 2.39. The standard InChI is InChI=1S/C15H11F3N2O4S/c1-24-11-6-7-13-12(8-11)19-14(21)20(25(13,22)23)10-4-2-9(3-5-10)15(16,17)18/h2-8H,1H3,(H,19,21). The van der Waals surface area contributed by atoms with Crippen LogP contribution in [0, 0.1) is 0 Å². The van der Waals surface area contributed by atoms with Crippen molar-refractivity contribution in [3.8, 4) is 5.75 Å². The van der Waals surface area contributed by atoms with Crippen LogP contribution in [0.4, 0.5) is 29.3 Å². The quantitative estimate of drug-likeness (QED) is 0.876. The molecule has 2 amide bonds. The number of sulfonamides is 1. The number of carbonyl (C=O) groups excluding carboxylic acids is 1. The van der Waals surface area contributed by atoms with Crippen LogP contribution in [0.1, 0.15) is 5.56 Å². The van der Waals surface area contributed by atoms with Gasteiger partial charge in [-0.25, -0.2) is 13.2 Å². The van der Waals surface area contributed by atoms with Crippen molar-refractivity contribution in [3.05, 3.63) is 48.0 Å². The maximum absolute atomic E-state index is 12.7. The van der Waals surface area contributed by atoms with Crippen molar-refractivity contribution in [2.75, 3.05) is 16.7 Å². The lowest BCUT2D eigenvalue weighted by Crippen LogP contribution is -2.44. The van der Waals surface area contributed by atoms with E-state index in [-0.39, 0.29) is 16.3 Å². The first kappa shape index (κ1) is 17.1. The Hall–Kier alpha value is -2.75. The molecule has 0 saturated heterocycles. The third kappa shape index (κ3) is 2.88. The first-order valence-corrected chi connectivity index (χ1v) is 8.30. The third-order valence-electron chi connectivity index (χ3n) is 3.56. The van der Waals surface area contributed by atoms with Crippen LogP contribution in [0.3, 0.4) is 0 Å². The molecule has 1 aliphatic rings. The molecule has 2 aromatic rings. The molecule has 132 valence electrons. The topological polar surface area (TPSA) is 75.7 Å². The molecule has 0 unspecified atom stereocenters. The van der Waals surface area contributed by atoms with Gasteiger partial charge in [0.1, 0.15) is 10.6 Å². The summed E-state index contributed by atoms with van der Waals surface area (Å²) in [6.07, 6.45) is -4.56. The largest absolute Gasteiger partial charge is 0.497 e. The Kier molecular flexibility index (Phi) is 3.87. The molecular formula is C15H11F3N2O4S. The van der Waals surface area contributed by atoms with Gasteiger partial charge in [-0.15, -0.1) is 0 Å². The van der Waals surface area contributed by atoms with Crippen molar-refractivity contribution < 1.29 is 31.1 Å². The molecule has 25 heavy (non-hydrogen) atoms. The van der Waals surface area contributed by atoms with E-state index in [1.165, 1.54) is 25.3 Å². The summed E-state index contributed by atoms with van der Waals surface area (Å²) in [5.74, 6) is 0.345. The summed E-state index contributed by atoms with van der Waals surface area (Å²) < 4.78 is 68.7. The summed E-state index contributed by atoms with van der Waals surface area (Å²) in [6, 6.07) is 6.26. The highest BCUT2D eigenvalue weighted by Gasteiger charge is 2.38. The Labute approximate surface area is 140 Å². The minimum absolute atomic E-state index is 0.0347. The van der Waals surface area contributed by atoms with Gasteiger partial charge < -0.3 is 10.1 Å². The van der Waals surface area contributed by atoms with Crippen LogP contribution in [0.5, 0.6) is 5.75 Å². The van der Waals surface area contributed by atoms with Crippen LogP contribution >= 0.6 is 0 Å². The van der Waals surface area contributed by atoms with E-state index in [9.17, 15) is 26.4 Å². The number of urea groups is 1.